The Morgan fingerprint density at radius 3 is 2.72 bits per heavy atom. The van der Waals surface area contributed by atoms with E-state index in [0.717, 1.165) is 6.07 Å². The van der Waals surface area contributed by atoms with Crippen LogP contribution < -0.4 is 5.32 Å². The Hall–Kier alpha value is -2.07. The highest BCUT2D eigenvalue weighted by molar-refractivity contribution is 6.31. The van der Waals surface area contributed by atoms with Crippen LogP contribution in [0.15, 0.2) is 55.3 Å². The normalized spacial score (nSPS) is 10.7. The van der Waals surface area contributed by atoms with Gasteiger partial charge in [-0.05, 0) is 30.4 Å². The third kappa shape index (κ3) is 4.07. The Bertz CT molecular complexity index is 512. The molecular formula is C13H11ClFNO2. The minimum Gasteiger partial charge on any atom is -0.410 e. The molecule has 0 spiro atoms. The Balaban J connectivity index is 2.70. The number of carbonyl (C=O) groups excluding carboxylic acids is 1. The first-order valence-electron chi connectivity index (χ1n) is 4.96. The summed E-state index contributed by atoms with van der Waals surface area (Å²) in [6.07, 6.45) is 3.56. The second-order valence-corrected chi connectivity index (χ2v) is 3.56. The number of anilines is 1. The quantitative estimate of drug-likeness (QED) is 0.653. The molecule has 1 aromatic rings. The smallest absolute Gasteiger partial charge is 0.410 e. The Morgan fingerprint density at radius 2 is 2.17 bits per heavy atom. The lowest BCUT2D eigenvalue weighted by atomic mass is 10.3. The highest BCUT2D eigenvalue weighted by Crippen LogP contribution is 2.19. The number of amides is 1. The third-order valence-corrected chi connectivity index (χ3v) is 2.15. The summed E-state index contributed by atoms with van der Waals surface area (Å²) in [5, 5.41) is 2.31. The summed E-state index contributed by atoms with van der Waals surface area (Å²) in [5.41, 5.74) is 0.327. The average molecular weight is 268 g/mol. The van der Waals surface area contributed by atoms with Gasteiger partial charge in [-0.3, -0.25) is 5.32 Å². The van der Waals surface area contributed by atoms with Gasteiger partial charge in [0.2, 0.25) is 0 Å². The van der Waals surface area contributed by atoms with Crippen molar-refractivity contribution in [2.45, 2.75) is 0 Å². The molecule has 0 aromatic heterocycles. The van der Waals surface area contributed by atoms with Crippen LogP contribution in [0.25, 0.3) is 0 Å². The number of hydrogen-bond donors (Lipinski definition) is 1. The molecule has 18 heavy (non-hydrogen) atoms. The predicted molar refractivity (Wildman–Crippen MR) is 70.0 cm³/mol. The molecule has 0 unspecified atom stereocenters. The zero-order valence-corrected chi connectivity index (χ0v) is 10.2. The maximum absolute atomic E-state index is 12.9. The van der Waals surface area contributed by atoms with Crippen molar-refractivity contribution in [3.63, 3.8) is 0 Å². The number of nitrogens with one attached hydrogen (secondary N) is 1. The first-order chi connectivity index (χ1) is 8.56. The molecule has 0 atom stereocenters. The molecule has 0 aliphatic heterocycles. The lowest BCUT2D eigenvalue weighted by Gasteiger charge is -2.07. The first kappa shape index (κ1) is 14.0. The van der Waals surface area contributed by atoms with Crippen LogP contribution in [-0.2, 0) is 4.74 Å². The van der Waals surface area contributed by atoms with Gasteiger partial charge in [0, 0.05) is 5.69 Å². The van der Waals surface area contributed by atoms with Crippen LogP contribution in [0.4, 0.5) is 14.9 Å². The number of benzene rings is 1. The standard InChI is InChI=1S/C13H11ClFNO2/c1-3-5-10(4-2)18-13(17)16-9-6-7-12(15)11(14)8-9/h3-8H,1-2H2,(H,16,17)/b10-5+. The molecule has 1 aromatic carbocycles. The summed E-state index contributed by atoms with van der Waals surface area (Å²) < 4.78 is 17.8. The zero-order chi connectivity index (χ0) is 13.5. The lowest BCUT2D eigenvalue weighted by Crippen LogP contribution is -2.12. The average Bonchev–Trinajstić information content (AvgIpc) is 2.33. The van der Waals surface area contributed by atoms with Gasteiger partial charge in [0.25, 0.3) is 0 Å². The third-order valence-electron chi connectivity index (χ3n) is 1.86. The predicted octanol–water partition coefficient (Wildman–Crippen LogP) is 4.28. The van der Waals surface area contributed by atoms with E-state index < -0.39 is 11.9 Å². The Morgan fingerprint density at radius 1 is 1.44 bits per heavy atom. The molecule has 1 amide bonds. The van der Waals surface area contributed by atoms with Crippen molar-refractivity contribution >= 4 is 23.4 Å². The number of rotatable bonds is 4. The molecule has 1 N–H and O–H groups in total. The van der Waals surface area contributed by atoms with Crippen LogP contribution in [0.2, 0.25) is 5.02 Å². The number of ether oxygens (including phenoxy) is 1. The van der Waals surface area contributed by atoms with Gasteiger partial charge in [0.1, 0.15) is 11.6 Å². The molecule has 0 bridgehead atoms. The van der Waals surface area contributed by atoms with Crippen LogP contribution in [0, 0.1) is 5.82 Å². The van der Waals surface area contributed by atoms with Crippen molar-refractivity contribution in [2.24, 2.45) is 0 Å². The highest BCUT2D eigenvalue weighted by Gasteiger charge is 2.07. The summed E-state index contributed by atoms with van der Waals surface area (Å²) in [5.74, 6) is -0.315. The lowest BCUT2D eigenvalue weighted by molar-refractivity contribution is 0.195. The SMILES string of the molecule is C=C/C=C(\C=C)OC(=O)Nc1ccc(F)c(Cl)c1. The molecule has 0 saturated carbocycles. The van der Waals surface area contributed by atoms with Crippen LogP contribution in [0.1, 0.15) is 0 Å². The van der Waals surface area contributed by atoms with E-state index in [9.17, 15) is 9.18 Å². The Labute approximate surface area is 109 Å². The first-order valence-corrected chi connectivity index (χ1v) is 5.33. The molecule has 0 radical (unpaired) electrons. The highest BCUT2D eigenvalue weighted by atomic mass is 35.5. The van der Waals surface area contributed by atoms with Gasteiger partial charge in [-0.15, -0.1) is 0 Å². The van der Waals surface area contributed by atoms with Crippen molar-refractivity contribution in [3.05, 3.63) is 66.2 Å². The number of halogens is 2. The minimum absolute atomic E-state index is 0.0848. The van der Waals surface area contributed by atoms with E-state index in [1.165, 1.54) is 30.4 Å². The van der Waals surface area contributed by atoms with Gasteiger partial charge in [-0.2, -0.15) is 0 Å². The monoisotopic (exact) mass is 267 g/mol. The summed E-state index contributed by atoms with van der Waals surface area (Å²) in [6.45, 7) is 6.94. The van der Waals surface area contributed by atoms with Gasteiger partial charge in [0.15, 0.2) is 0 Å². The minimum atomic E-state index is -0.731. The Kier molecular flexibility index (Phi) is 5.14. The van der Waals surface area contributed by atoms with Crippen LogP contribution in [0.3, 0.4) is 0 Å². The maximum atomic E-state index is 12.9. The zero-order valence-electron chi connectivity index (χ0n) is 9.45. The van der Waals surface area contributed by atoms with Gasteiger partial charge < -0.3 is 4.74 Å². The number of carbonyl (C=O) groups is 1. The molecule has 0 aliphatic rings. The second-order valence-electron chi connectivity index (χ2n) is 3.15. The molecule has 0 heterocycles. The van der Waals surface area contributed by atoms with E-state index >= 15 is 0 Å². The molecule has 5 heteroatoms. The largest absolute Gasteiger partial charge is 0.417 e. The van der Waals surface area contributed by atoms with Crippen molar-refractivity contribution in [2.75, 3.05) is 5.32 Å². The summed E-state index contributed by atoms with van der Waals surface area (Å²) >= 11 is 5.57. The van der Waals surface area contributed by atoms with Gasteiger partial charge in [-0.1, -0.05) is 30.8 Å². The van der Waals surface area contributed by atoms with Gasteiger partial charge >= 0.3 is 6.09 Å². The fourth-order valence-corrected chi connectivity index (χ4v) is 1.26. The summed E-state index contributed by atoms with van der Waals surface area (Å²) in [7, 11) is 0. The van der Waals surface area contributed by atoms with E-state index in [1.807, 2.05) is 0 Å². The van der Waals surface area contributed by atoms with E-state index in [-0.39, 0.29) is 10.8 Å². The second kappa shape index (κ2) is 6.61. The summed E-state index contributed by atoms with van der Waals surface area (Å²) in [4.78, 5) is 11.5. The van der Waals surface area contributed by atoms with Crippen LogP contribution >= 0.6 is 11.6 Å². The van der Waals surface area contributed by atoms with Crippen LogP contribution in [0.5, 0.6) is 0 Å². The van der Waals surface area contributed by atoms with E-state index in [4.69, 9.17) is 16.3 Å². The molecule has 0 fully saturated rings. The maximum Gasteiger partial charge on any atom is 0.417 e. The fraction of sp³-hybridized carbons (Fsp3) is 0. The fourth-order valence-electron chi connectivity index (χ4n) is 1.08. The molecule has 0 saturated heterocycles. The van der Waals surface area contributed by atoms with Gasteiger partial charge in [-0.25, -0.2) is 9.18 Å². The van der Waals surface area contributed by atoms with Crippen LogP contribution in [-0.4, -0.2) is 6.09 Å². The topological polar surface area (TPSA) is 38.3 Å². The van der Waals surface area contributed by atoms with Crippen molar-refractivity contribution in [3.8, 4) is 0 Å². The van der Waals surface area contributed by atoms with Crippen molar-refractivity contribution in [1.29, 1.82) is 0 Å². The van der Waals surface area contributed by atoms with E-state index in [2.05, 4.69) is 18.5 Å². The molecular weight excluding hydrogens is 257 g/mol. The van der Waals surface area contributed by atoms with Crippen molar-refractivity contribution < 1.29 is 13.9 Å². The van der Waals surface area contributed by atoms with Crippen molar-refractivity contribution in [1.82, 2.24) is 0 Å². The number of allylic oxidation sites excluding steroid dienone is 3. The molecule has 1 rings (SSSR count). The summed E-state index contributed by atoms with van der Waals surface area (Å²) in [6, 6.07) is 3.79. The van der Waals surface area contributed by atoms with E-state index in [0.29, 0.717) is 5.69 Å². The molecule has 3 nitrogen and oxygen atoms in total. The molecule has 94 valence electrons. The van der Waals surface area contributed by atoms with Gasteiger partial charge in [0.05, 0.1) is 5.02 Å². The number of hydrogen-bond acceptors (Lipinski definition) is 2. The molecule has 0 aliphatic carbocycles. The van der Waals surface area contributed by atoms with E-state index in [1.54, 1.807) is 0 Å².